The predicted molar refractivity (Wildman–Crippen MR) is 93.9 cm³/mol. The predicted octanol–water partition coefficient (Wildman–Crippen LogP) is 4.36. The lowest BCUT2D eigenvalue weighted by atomic mass is 10.1. The molecule has 0 atom stereocenters. The standard InChI is InChI=1S/C17H13NO2S2/c1-11(15-16(19)18-17(21)22-15)12-6-5-9-14(10-12)20-13-7-3-2-4-8-13/h2-10H,1H3,(H,18,19,21). The zero-order valence-corrected chi connectivity index (χ0v) is 13.5. The lowest BCUT2D eigenvalue weighted by Crippen LogP contribution is -2.18. The molecule has 3 nitrogen and oxygen atoms in total. The minimum absolute atomic E-state index is 0.137. The van der Waals surface area contributed by atoms with Crippen LogP contribution in [0.1, 0.15) is 12.5 Å². The number of para-hydroxylation sites is 1. The van der Waals surface area contributed by atoms with Crippen LogP contribution in [0.15, 0.2) is 59.5 Å². The molecule has 1 amide bonds. The first-order valence-electron chi connectivity index (χ1n) is 6.71. The number of carbonyl (C=O) groups is 1. The Labute approximate surface area is 138 Å². The molecule has 1 heterocycles. The summed E-state index contributed by atoms with van der Waals surface area (Å²) in [6.45, 7) is 1.91. The molecule has 5 heteroatoms. The second-order valence-electron chi connectivity index (χ2n) is 4.74. The molecular weight excluding hydrogens is 314 g/mol. The first-order chi connectivity index (χ1) is 10.6. The van der Waals surface area contributed by atoms with Gasteiger partial charge in [0.2, 0.25) is 0 Å². The summed E-state index contributed by atoms with van der Waals surface area (Å²) in [5, 5.41) is 2.64. The molecule has 2 aromatic carbocycles. The van der Waals surface area contributed by atoms with Crippen molar-refractivity contribution in [1.29, 1.82) is 0 Å². The summed E-state index contributed by atoms with van der Waals surface area (Å²) in [6.07, 6.45) is 0. The smallest absolute Gasteiger partial charge is 0.263 e. The Morgan fingerprint density at radius 3 is 2.50 bits per heavy atom. The maximum Gasteiger partial charge on any atom is 0.263 e. The molecule has 1 aliphatic heterocycles. The van der Waals surface area contributed by atoms with E-state index in [2.05, 4.69) is 5.32 Å². The summed E-state index contributed by atoms with van der Waals surface area (Å²) in [5.74, 6) is 1.37. The Morgan fingerprint density at radius 2 is 1.82 bits per heavy atom. The average molecular weight is 327 g/mol. The second-order valence-corrected chi connectivity index (χ2v) is 6.43. The van der Waals surface area contributed by atoms with Crippen LogP contribution in [0.25, 0.3) is 5.57 Å². The highest BCUT2D eigenvalue weighted by Crippen LogP contribution is 2.33. The van der Waals surface area contributed by atoms with E-state index in [0.29, 0.717) is 9.23 Å². The van der Waals surface area contributed by atoms with Gasteiger partial charge in [0.1, 0.15) is 15.8 Å². The van der Waals surface area contributed by atoms with Crippen LogP contribution >= 0.6 is 24.0 Å². The number of ether oxygens (including phenoxy) is 1. The van der Waals surface area contributed by atoms with E-state index in [9.17, 15) is 4.79 Å². The molecule has 0 saturated carbocycles. The Balaban J connectivity index is 1.90. The van der Waals surface area contributed by atoms with Gasteiger partial charge < -0.3 is 10.1 Å². The topological polar surface area (TPSA) is 38.3 Å². The molecule has 22 heavy (non-hydrogen) atoms. The van der Waals surface area contributed by atoms with Crippen LogP contribution in [0.4, 0.5) is 0 Å². The van der Waals surface area contributed by atoms with Crippen LogP contribution in [-0.2, 0) is 4.79 Å². The van der Waals surface area contributed by atoms with Crippen molar-refractivity contribution in [2.45, 2.75) is 6.92 Å². The van der Waals surface area contributed by atoms with E-state index in [-0.39, 0.29) is 5.91 Å². The van der Waals surface area contributed by atoms with Gasteiger partial charge in [0.05, 0.1) is 4.91 Å². The number of benzene rings is 2. The van der Waals surface area contributed by atoms with Crippen LogP contribution in [0.3, 0.4) is 0 Å². The Morgan fingerprint density at radius 1 is 1.09 bits per heavy atom. The third-order valence-corrected chi connectivity index (χ3v) is 4.54. The first kappa shape index (κ1) is 14.8. The summed E-state index contributed by atoms with van der Waals surface area (Å²) >= 11 is 6.32. The number of thiocarbonyl (C=S) groups is 1. The zero-order valence-electron chi connectivity index (χ0n) is 11.8. The minimum atomic E-state index is -0.137. The van der Waals surface area contributed by atoms with Gasteiger partial charge in [-0.1, -0.05) is 54.3 Å². The van der Waals surface area contributed by atoms with Gasteiger partial charge in [0.15, 0.2) is 0 Å². The Bertz CT molecular complexity index is 769. The number of hydrogen-bond acceptors (Lipinski definition) is 4. The molecule has 1 N–H and O–H groups in total. The maximum atomic E-state index is 11.9. The number of rotatable bonds is 3. The van der Waals surface area contributed by atoms with E-state index in [1.54, 1.807) is 0 Å². The number of thioether (sulfide) groups is 1. The van der Waals surface area contributed by atoms with Crippen molar-refractivity contribution in [2.24, 2.45) is 0 Å². The van der Waals surface area contributed by atoms with Crippen molar-refractivity contribution in [2.75, 3.05) is 0 Å². The van der Waals surface area contributed by atoms with Crippen molar-refractivity contribution in [3.63, 3.8) is 0 Å². The van der Waals surface area contributed by atoms with Crippen LogP contribution in [0.2, 0.25) is 0 Å². The fraction of sp³-hybridized carbons (Fsp3) is 0.0588. The molecule has 110 valence electrons. The summed E-state index contributed by atoms with van der Waals surface area (Å²) < 4.78 is 6.32. The molecule has 3 rings (SSSR count). The third kappa shape index (κ3) is 3.21. The Kier molecular flexibility index (Phi) is 4.27. The van der Waals surface area contributed by atoms with Crippen molar-refractivity contribution in [3.05, 3.63) is 65.1 Å². The fourth-order valence-electron chi connectivity index (χ4n) is 2.11. The molecule has 0 aliphatic carbocycles. The van der Waals surface area contributed by atoms with Gasteiger partial charge in [-0.25, -0.2) is 0 Å². The minimum Gasteiger partial charge on any atom is -0.457 e. The molecule has 0 bridgehead atoms. The summed E-state index contributed by atoms with van der Waals surface area (Å²) in [6, 6.07) is 17.3. The van der Waals surface area contributed by atoms with Crippen molar-refractivity contribution in [3.8, 4) is 11.5 Å². The largest absolute Gasteiger partial charge is 0.457 e. The highest BCUT2D eigenvalue weighted by Gasteiger charge is 2.24. The molecule has 0 aromatic heterocycles. The van der Waals surface area contributed by atoms with Crippen LogP contribution in [0.5, 0.6) is 11.5 Å². The maximum absolute atomic E-state index is 11.9. The number of nitrogens with one attached hydrogen (secondary N) is 1. The first-order valence-corrected chi connectivity index (χ1v) is 7.93. The van der Waals surface area contributed by atoms with E-state index in [4.69, 9.17) is 17.0 Å². The van der Waals surface area contributed by atoms with Gasteiger partial charge >= 0.3 is 0 Å². The van der Waals surface area contributed by atoms with Gasteiger partial charge in [-0.05, 0) is 42.3 Å². The van der Waals surface area contributed by atoms with Gasteiger partial charge in [0.25, 0.3) is 5.91 Å². The van der Waals surface area contributed by atoms with E-state index >= 15 is 0 Å². The number of hydrogen-bond donors (Lipinski definition) is 1. The van der Waals surface area contributed by atoms with Gasteiger partial charge in [-0.3, -0.25) is 4.79 Å². The summed E-state index contributed by atoms with van der Waals surface area (Å²) in [7, 11) is 0. The third-order valence-electron chi connectivity index (χ3n) is 3.20. The van der Waals surface area contributed by atoms with E-state index in [1.165, 1.54) is 11.8 Å². The number of amides is 1. The highest BCUT2D eigenvalue weighted by atomic mass is 32.2. The van der Waals surface area contributed by atoms with Crippen LogP contribution < -0.4 is 10.1 Å². The normalized spacial score (nSPS) is 16.4. The van der Waals surface area contributed by atoms with Gasteiger partial charge in [-0.15, -0.1) is 0 Å². The van der Waals surface area contributed by atoms with Gasteiger partial charge in [-0.2, -0.15) is 0 Å². The van der Waals surface area contributed by atoms with E-state index in [0.717, 1.165) is 22.6 Å². The Hall–Kier alpha value is -2.11. The lowest BCUT2D eigenvalue weighted by molar-refractivity contribution is -0.115. The molecule has 2 aromatic rings. The van der Waals surface area contributed by atoms with E-state index in [1.807, 2.05) is 61.5 Å². The van der Waals surface area contributed by atoms with Crippen molar-refractivity contribution in [1.82, 2.24) is 5.32 Å². The molecule has 1 fully saturated rings. The summed E-state index contributed by atoms with van der Waals surface area (Å²) in [5.41, 5.74) is 1.83. The molecule has 1 saturated heterocycles. The van der Waals surface area contributed by atoms with Crippen molar-refractivity contribution >= 4 is 39.8 Å². The average Bonchev–Trinajstić information content (AvgIpc) is 2.86. The quantitative estimate of drug-likeness (QED) is 0.671. The van der Waals surface area contributed by atoms with Crippen LogP contribution in [0, 0.1) is 0 Å². The molecule has 0 radical (unpaired) electrons. The summed E-state index contributed by atoms with van der Waals surface area (Å²) in [4.78, 5) is 12.5. The van der Waals surface area contributed by atoms with Crippen LogP contribution in [-0.4, -0.2) is 10.2 Å². The molecule has 0 spiro atoms. The fourth-order valence-corrected chi connectivity index (χ4v) is 3.20. The number of carbonyl (C=O) groups excluding carboxylic acids is 1. The van der Waals surface area contributed by atoms with Crippen molar-refractivity contribution < 1.29 is 9.53 Å². The van der Waals surface area contributed by atoms with E-state index < -0.39 is 0 Å². The number of allylic oxidation sites excluding steroid dienone is 1. The van der Waals surface area contributed by atoms with Gasteiger partial charge in [0, 0.05) is 0 Å². The monoisotopic (exact) mass is 327 g/mol. The zero-order chi connectivity index (χ0) is 15.5. The molecule has 0 unspecified atom stereocenters. The SMILES string of the molecule is CC(=C1SC(=S)NC1=O)c1cccc(Oc2ccccc2)c1. The molecule has 1 aliphatic rings. The highest BCUT2D eigenvalue weighted by molar-refractivity contribution is 8.26. The second kappa shape index (κ2) is 6.34. The molecular formula is C17H13NO2S2. The lowest BCUT2D eigenvalue weighted by Gasteiger charge is -2.09.